The van der Waals surface area contributed by atoms with E-state index in [0.29, 0.717) is 16.3 Å². The van der Waals surface area contributed by atoms with Crippen LogP contribution in [0.25, 0.3) is 0 Å². The lowest BCUT2D eigenvalue weighted by atomic mass is 10.1. The van der Waals surface area contributed by atoms with Gasteiger partial charge in [0.25, 0.3) is 5.91 Å². The van der Waals surface area contributed by atoms with Gasteiger partial charge in [-0.05, 0) is 43.7 Å². The maximum atomic E-state index is 11.9. The molecule has 0 bridgehead atoms. The summed E-state index contributed by atoms with van der Waals surface area (Å²) in [7, 11) is 0. The lowest BCUT2D eigenvalue weighted by Crippen LogP contribution is -2.21. The maximum Gasteiger partial charge on any atom is 0.338 e. The molecule has 0 aliphatic carbocycles. The number of aryl methyl sites for hydroxylation is 1. The van der Waals surface area contributed by atoms with Gasteiger partial charge in [-0.3, -0.25) is 4.79 Å². The minimum Gasteiger partial charge on any atom is -0.452 e. The summed E-state index contributed by atoms with van der Waals surface area (Å²) < 4.78 is 5.00. The number of benzene rings is 2. The number of carbonyl (C=O) groups is 2. The van der Waals surface area contributed by atoms with Gasteiger partial charge in [-0.2, -0.15) is 0 Å². The zero-order chi connectivity index (χ0) is 16.1. The van der Waals surface area contributed by atoms with E-state index in [-0.39, 0.29) is 6.61 Å². The van der Waals surface area contributed by atoms with Crippen molar-refractivity contribution in [2.24, 2.45) is 0 Å². The highest BCUT2D eigenvalue weighted by molar-refractivity contribution is 6.31. The molecule has 2 rings (SSSR count). The van der Waals surface area contributed by atoms with E-state index < -0.39 is 11.9 Å². The molecule has 114 valence electrons. The van der Waals surface area contributed by atoms with E-state index >= 15 is 0 Å². The molecule has 0 aliphatic rings. The van der Waals surface area contributed by atoms with Crippen LogP contribution in [0.1, 0.15) is 21.5 Å². The molecule has 2 aromatic rings. The predicted molar refractivity (Wildman–Crippen MR) is 86.3 cm³/mol. The first-order valence-corrected chi connectivity index (χ1v) is 7.14. The number of carbonyl (C=O) groups excluding carboxylic acids is 2. The Morgan fingerprint density at radius 2 is 1.86 bits per heavy atom. The molecule has 1 amide bonds. The minimum absolute atomic E-state index is 0.348. The van der Waals surface area contributed by atoms with Crippen molar-refractivity contribution in [1.29, 1.82) is 0 Å². The Hall–Kier alpha value is -2.33. The van der Waals surface area contributed by atoms with Gasteiger partial charge in [0.15, 0.2) is 6.61 Å². The number of halogens is 1. The quantitative estimate of drug-likeness (QED) is 0.874. The second-order valence-corrected chi connectivity index (χ2v) is 5.31. The summed E-state index contributed by atoms with van der Waals surface area (Å²) in [6.45, 7) is 3.33. The van der Waals surface area contributed by atoms with Crippen molar-refractivity contribution in [3.05, 3.63) is 64.2 Å². The summed E-state index contributed by atoms with van der Waals surface area (Å²) in [5, 5.41) is 3.23. The molecular weight excluding hydrogens is 302 g/mol. The molecular formula is C17H16ClNO3. The average molecular weight is 318 g/mol. The van der Waals surface area contributed by atoms with Crippen molar-refractivity contribution in [2.75, 3.05) is 11.9 Å². The number of rotatable bonds is 4. The largest absolute Gasteiger partial charge is 0.452 e. The van der Waals surface area contributed by atoms with E-state index in [1.165, 1.54) is 0 Å². The van der Waals surface area contributed by atoms with Gasteiger partial charge in [-0.15, -0.1) is 0 Å². The summed E-state index contributed by atoms with van der Waals surface area (Å²) in [4.78, 5) is 23.7. The zero-order valence-electron chi connectivity index (χ0n) is 12.4. The molecule has 5 heteroatoms. The van der Waals surface area contributed by atoms with E-state index in [1.807, 2.05) is 13.0 Å². The SMILES string of the molecule is Cc1cccc(C(=O)OCC(=O)Nc2cccc(Cl)c2C)c1. The molecule has 0 radical (unpaired) electrons. The molecule has 0 spiro atoms. The van der Waals surface area contributed by atoms with Gasteiger partial charge >= 0.3 is 5.97 Å². The fourth-order valence-electron chi connectivity index (χ4n) is 1.92. The van der Waals surface area contributed by atoms with Gasteiger partial charge in [-0.1, -0.05) is 35.4 Å². The molecule has 0 saturated carbocycles. The second kappa shape index (κ2) is 7.09. The summed E-state index contributed by atoms with van der Waals surface area (Å²) in [6, 6.07) is 12.2. The van der Waals surface area contributed by atoms with Crippen LogP contribution in [0.15, 0.2) is 42.5 Å². The van der Waals surface area contributed by atoms with E-state index in [0.717, 1.165) is 11.1 Å². The molecule has 0 heterocycles. The summed E-state index contributed by atoms with van der Waals surface area (Å²) >= 11 is 5.98. The third-order valence-electron chi connectivity index (χ3n) is 3.13. The lowest BCUT2D eigenvalue weighted by Gasteiger charge is -2.10. The highest BCUT2D eigenvalue weighted by Crippen LogP contribution is 2.22. The monoisotopic (exact) mass is 317 g/mol. The van der Waals surface area contributed by atoms with Crippen molar-refractivity contribution in [1.82, 2.24) is 0 Å². The molecule has 0 unspecified atom stereocenters. The Labute approximate surface area is 134 Å². The number of ether oxygens (including phenoxy) is 1. The molecule has 0 fully saturated rings. The van der Waals surface area contributed by atoms with Crippen molar-refractivity contribution in [3.8, 4) is 0 Å². The number of hydrogen-bond donors (Lipinski definition) is 1. The van der Waals surface area contributed by atoms with Crippen LogP contribution in [-0.4, -0.2) is 18.5 Å². The number of amides is 1. The predicted octanol–water partition coefficient (Wildman–Crippen LogP) is 3.75. The summed E-state index contributed by atoms with van der Waals surface area (Å²) in [6.07, 6.45) is 0. The Bertz CT molecular complexity index is 713. The fraction of sp³-hybridized carbons (Fsp3) is 0.176. The standard InChI is InChI=1S/C17H16ClNO3/c1-11-5-3-6-13(9-11)17(21)22-10-16(20)19-15-8-4-7-14(18)12(15)2/h3-9H,10H2,1-2H3,(H,19,20). The Balaban J connectivity index is 1.93. The third kappa shape index (κ3) is 4.09. The van der Waals surface area contributed by atoms with E-state index in [2.05, 4.69) is 5.32 Å². The van der Waals surface area contributed by atoms with Crippen molar-refractivity contribution >= 4 is 29.2 Å². The van der Waals surface area contributed by atoms with Crippen LogP contribution >= 0.6 is 11.6 Å². The molecule has 0 atom stereocenters. The van der Waals surface area contributed by atoms with Gasteiger partial charge in [0.2, 0.25) is 0 Å². The third-order valence-corrected chi connectivity index (χ3v) is 3.54. The molecule has 2 aromatic carbocycles. The Kier molecular flexibility index (Phi) is 5.17. The van der Waals surface area contributed by atoms with Crippen molar-refractivity contribution in [3.63, 3.8) is 0 Å². The number of hydrogen-bond acceptors (Lipinski definition) is 3. The summed E-state index contributed by atoms with van der Waals surface area (Å²) in [5.74, 6) is -0.937. The first-order valence-electron chi connectivity index (χ1n) is 6.76. The van der Waals surface area contributed by atoms with Crippen molar-refractivity contribution < 1.29 is 14.3 Å². The van der Waals surface area contributed by atoms with Gasteiger partial charge in [0, 0.05) is 10.7 Å². The zero-order valence-corrected chi connectivity index (χ0v) is 13.1. The minimum atomic E-state index is -0.526. The van der Waals surface area contributed by atoms with Crippen LogP contribution in [0.3, 0.4) is 0 Å². The van der Waals surface area contributed by atoms with Gasteiger partial charge in [-0.25, -0.2) is 4.79 Å². The van der Waals surface area contributed by atoms with E-state index in [4.69, 9.17) is 16.3 Å². The molecule has 1 N–H and O–H groups in total. The van der Waals surface area contributed by atoms with Crippen LogP contribution in [0.5, 0.6) is 0 Å². The van der Waals surface area contributed by atoms with Gasteiger partial charge in [0.1, 0.15) is 0 Å². The summed E-state index contributed by atoms with van der Waals surface area (Å²) in [5.41, 5.74) is 2.74. The van der Waals surface area contributed by atoms with Crippen LogP contribution in [0.4, 0.5) is 5.69 Å². The van der Waals surface area contributed by atoms with E-state index in [9.17, 15) is 9.59 Å². The average Bonchev–Trinajstić information content (AvgIpc) is 2.49. The molecule has 4 nitrogen and oxygen atoms in total. The number of nitrogens with one attached hydrogen (secondary N) is 1. The number of esters is 1. The van der Waals surface area contributed by atoms with Gasteiger partial charge in [0.05, 0.1) is 5.56 Å². The lowest BCUT2D eigenvalue weighted by molar-refractivity contribution is -0.119. The normalized spacial score (nSPS) is 10.1. The van der Waals surface area contributed by atoms with Crippen LogP contribution < -0.4 is 5.32 Å². The topological polar surface area (TPSA) is 55.4 Å². The fourth-order valence-corrected chi connectivity index (χ4v) is 2.09. The highest BCUT2D eigenvalue weighted by atomic mass is 35.5. The van der Waals surface area contributed by atoms with Crippen LogP contribution in [0, 0.1) is 13.8 Å². The second-order valence-electron chi connectivity index (χ2n) is 4.91. The van der Waals surface area contributed by atoms with Gasteiger partial charge < -0.3 is 10.1 Å². The molecule has 0 saturated heterocycles. The van der Waals surface area contributed by atoms with Crippen LogP contribution in [0.2, 0.25) is 5.02 Å². The van der Waals surface area contributed by atoms with E-state index in [1.54, 1.807) is 43.3 Å². The Morgan fingerprint density at radius 1 is 1.14 bits per heavy atom. The smallest absolute Gasteiger partial charge is 0.338 e. The number of anilines is 1. The molecule has 0 aliphatic heterocycles. The van der Waals surface area contributed by atoms with Crippen molar-refractivity contribution in [2.45, 2.75) is 13.8 Å². The van der Waals surface area contributed by atoms with Crippen LogP contribution in [-0.2, 0) is 9.53 Å². The maximum absolute atomic E-state index is 11.9. The Morgan fingerprint density at radius 3 is 2.59 bits per heavy atom. The first kappa shape index (κ1) is 16.0. The highest BCUT2D eigenvalue weighted by Gasteiger charge is 2.11. The first-order chi connectivity index (χ1) is 10.5. The molecule has 0 aromatic heterocycles. The molecule has 22 heavy (non-hydrogen) atoms.